The minimum absolute atomic E-state index is 0.00699. The number of carbonyl (C=O) groups is 1. The zero-order valence-corrected chi connectivity index (χ0v) is 16.5. The van der Waals surface area contributed by atoms with Crippen molar-refractivity contribution in [1.82, 2.24) is 0 Å². The number of para-hydroxylation sites is 1. The fourth-order valence-corrected chi connectivity index (χ4v) is 2.95. The second-order valence-corrected chi connectivity index (χ2v) is 6.61. The van der Waals surface area contributed by atoms with Crippen LogP contribution in [0.1, 0.15) is 32.3 Å². The molecule has 0 amide bonds. The van der Waals surface area contributed by atoms with Gasteiger partial charge in [0.2, 0.25) is 5.90 Å². The molecule has 1 aliphatic rings. The summed E-state index contributed by atoms with van der Waals surface area (Å²) in [7, 11) is 0. The van der Waals surface area contributed by atoms with Crippen LogP contribution in [0.25, 0.3) is 6.08 Å². The monoisotopic (exact) mass is 377 g/mol. The molecule has 0 saturated carbocycles. The second kappa shape index (κ2) is 9.74. The van der Waals surface area contributed by atoms with Gasteiger partial charge in [0.25, 0.3) is 0 Å². The number of anilines is 2. The molecule has 1 aliphatic heterocycles. The number of hydrogen-bond acceptors (Lipinski definition) is 5. The van der Waals surface area contributed by atoms with Gasteiger partial charge < -0.3 is 10.1 Å². The molecule has 146 valence electrons. The van der Waals surface area contributed by atoms with E-state index in [-0.39, 0.29) is 12.3 Å². The lowest BCUT2D eigenvalue weighted by molar-refractivity contribution is -0.114. The lowest BCUT2D eigenvalue weighted by atomic mass is 10.0. The van der Waals surface area contributed by atoms with Gasteiger partial charge in [-0.2, -0.15) is 0 Å². The molecule has 28 heavy (non-hydrogen) atoms. The number of carbonyl (C=O) groups excluding carboxylic acids is 1. The average molecular weight is 377 g/mol. The van der Waals surface area contributed by atoms with Crippen LogP contribution in [0.15, 0.2) is 65.3 Å². The number of hydrazone groups is 1. The lowest BCUT2D eigenvalue weighted by Gasteiger charge is -2.25. The van der Waals surface area contributed by atoms with Crippen molar-refractivity contribution in [3.63, 3.8) is 0 Å². The predicted molar refractivity (Wildman–Crippen MR) is 116 cm³/mol. The van der Waals surface area contributed by atoms with E-state index in [1.54, 1.807) is 5.01 Å². The van der Waals surface area contributed by atoms with Crippen LogP contribution in [-0.2, 0) is 9.53 Å². The number of hydrogen-bond donors (Lipinski definition) is 1. The third-order valence-corrected chi connectivity index (χ3v) is 4.45. The van der Waals surface area contributed by atoms with Gasteiger partial charge in [-0.25, -0.2) is 0 Å². The standard InChI is InChI=1S/C23H27N3O2/c1-3-5-15-24-19-13-11-18(12-14-19)16-21-22(27)17-26(25-23(21)28-4-2)20-9-7-6-8-10-20/h6-14,16,24H,3-5,15,17H2,1-2H3/b21-16+. The van der Waals surface area contributed by atoms with Crippen LogP contribution in [-0.4, -0.2) is 31.4 Å². The van der Waals surface area contributed by atoms with Gasteiger partial charge in [0.15, 0.2) is 5.78 Å². The predicted octanol–water partition coefficient (Wildman–Crippen LogP) is 4.72. The Morgan fingerprint density at radius 2 is 1.86 bits per heavy atom. The Kier molecular flexibility index (Phi) is 6.84. The first-order valence-electron chi connectivity index (χ1n) is 9.84. The van der Waals surface area contributed by atoms with Gasteiger partial charge in [-0.1, -0.05) is 43.7 Å². The summed E-state index contributed by atoms with van der Waals surface area (Å²) in [5.41, 5.74) is 3.42. The maximum absolute atomic E-state index is 12.8. The summed E-state index contributed by atoms with van der Waals surface area (Å²) in [4.78, 5) is 12.8. The van der Waals surface area contributed by atoms with Gasteiger partial charge in [0.1, 0.15) is 6.54 Å². The van der Waals surface area contributed by atoms with E-state index in [4.69, 9.17) is 4.74 Å². The quantitative estimate of drug-likeness (QED) is 0.560. The van der Waals surface area contributed by atoms with Crippen molar-refractivity contribution in [3.8, 4) is 0 Å². The van der Waals surface area contributed by atoms with E-state index in [0.717, 1.165) is 29.9 Å². The van der Waals surface area contributed by atoms with E-state index < -0.39 is 0 Å². The summed E-state index contributed by atoms with van der Waals surface area (Å²) >= 11 is 0. The first-order valence-corrected chi connectivity index (χ1v) is 9.84. The zero-order valence-electron chi connectivity index (χ0n) is 16.5. The van der Waals surface area contributed by atoms with E-state index >= 15 is 0 Å². The van der Waals surface area contributed by atoms with E-state index in [0.29, 0.717) is 18.1 Å². The highest BCUT2D eigenvalue weighted by molar-refractivity contribution is 6.25. The minimum Gasteiger partial charge on any atom is -0.476 e. The average Bonchev–Trinajstić information content (AvgIpc) is 2.72. The smallest absolute Gasteiger partial charge is 0.242 e. The zero-order chi connectivity index (χ0) is 19.8. The number of nitrogens with zero attached hydrogens (tertiary/aromatic N) is 2. The fourth-order valence-electron chi connectivity index (χ4n) is 2.95. The molecule has 3 rings (SSSR count). The van der Waals surface area contributed by atoms with E-state index in [1.165, 1.54) is 6.42 Å². The van der Waals surface area contributed by atoms with Gasteiger partial charge in [-0.15, -0.1) is 5.10 Å². The molecule has 0 atom stereocenters. The minimum atomic E-state index is -0.00699. The van der Waals surface area contributed by atoms with Gasteiger partial charge in [-0.3, -0.25) is 9.80 Å². The summed E-state index contributed by atoms with van der Waals surface area (Å²) in [5, 5.41) is 9.65. The molecular weight excluding hydrogens is 350 g/mol. The van der Waals surface area contributed by atoms with E-state index in [9.17, 15) is 4.79 Å². The number of unbranched alkanes of at least 4 members (excludes halogenated alkanes) is 1. The third-order valence-electron chi connectivity index (χ3n) is 4.45. The van der Waals surface area contributed by atoms with E-state index in [1.807, 2.05) is 67.6 Å². The van der Waals surface area contributed by atoms with Crippen LogP contribution in [0.2, 0.25) is 0 Å². The molecule has 5 heteroatoms. The summed E-state index contributed by atoms with van der Waals surface area (Å²) in [6.07, 6.45) is 4.17. The molecule has 0 saturated heterocycles. The number of Topliss-reactive ketones (excluding diaryl/α,β-unsaturated/α-hetero) is 1. The maximum Gasteiger partial charge on any atom is 0.242 e. The molecule has 5 nitrogen and oxygen atoms in total. The van der Waals surface area contributed by atoms with Gasteiger partial charge in [0.05, 0.1) is 17.9 Å². The van der Waals surface area contributed by atoms with Crippen molar-refractivity contribution in [2.45, 2.75) is 26.7 Å². The highest BCUT2D eigenvalue weighted by Gasteiger charge is 2.27. The molecule has 0 aliphatic carbocycles. The Balaban J connectivity index is 1.82. The van der Waals surface area contributed by atoms with Crippen LogP contribution >= 0.6 is 0 Å². The molecule has 2 aromatic carbocycles. The van der Waals surface area contributed by atoms with E-state index in [2.05, 4.69) is 17.3 Å². The molecule has 0 aromatic heterocycles. The largest absolute Gasteiger partial charge is 0.476 e. The topological polar surface area (TPSA) is 53.9 Å². The Morgan fingerprint density at radius 1 is 1.11 bits per heavy atom. The first-order chi connectivity index (χ1) is 13.7. The fraction of sp³-hybridized carbons (Fsp3) is 0.304. The molecule has 1 heterocycles. The van der Waals surface area contributed by atoms with Crippen LogP contribution < -0.4 is 10.3 Å². The molecular formula is C23H27N3O2. The Morgan fingerprint density at radius 3 is 2.54 bits per heavy atom. The Labute approximate surface area is 166 Å². The summed E-state index contributed by atoms with van der Waals surface area (Å²) in [6, 6.07) is 17.7. The SMILES string of the molecule is CCCCNc1ccc(/C=C2\C(=O)CN(c3ccccc3)N=C2OCC)cc1. The highest BCUT2D eigenvalue weighted by Crippen LogP contribution is 2.22. The molecule has 0 unspecified atom stereocenters. The highest BCUT2D eigenvalue weighted by atomic mass is 16.5. The number of benzene rings is 2. The van der Waals surface area contributed by atoms with Gasteiger partial charge in [0, 0.05) is 12.2 Å². The summed E-state index contributed by atoms with van der Waals surface area (Å²) in [6.45, 7) is 5.68. The number of ether oxygens (including phenoxy) is 1. The number of rotatable bonds is 7. The van der Waals surface area contributed by atoms with Gasteiger partial charge in [-0.05, 0) is 49.2 Å². The van der Waals surface area contributed by atoms with Crippen molar-refractivity contribution < 1.29 is 9.53 Å². The molecule has 0 radical (unpaired) electrons. The number of nitrogens with one attached hydrogen (secondary N) is 1. The lowest BCUT2D eigenvalue weighted by Crippen LogP contribution is -2.36. The molecule has 2 aromatic rings. The van der Waals surface area contributed by atoms with Crippen molar-refractivity contribution in [2.75, 3.05) is 30.0 Å². The normalized spacial score (nSPS) is 15.5. The van der Waals surface area contributed by atoms with Crippen LogP contribution in [0, 0.1) is 0 Å². The van der Waals surface area contributed by atoms with Crippen LogP contribution in [0.3, 0.4) is 0 Å². The van der Waals surface area contributed by atoms with Crippen molar-refractivity contribution >= 4 is 29.1 Å². The summed E-state index contributed by atoms with van der Waals surface area (Å²) in [5.74, 6) is 0.361. The summed E-state index contributed by atoms with van der Waals surface area (Å²) < 4.78 is 5.69. The Hall–Kier alpha value is -3.08. The van der Waals surface area contributed by atoms with Crippen molar-refractivity contribution in [3.05, 3.63) is 65.7 Å². The maximum atomic E-state index is 12.8. The second-order valence-electron chi connectivity index (χ2n) is 6.61. The molecule has 1 N–H and O–H groups in total. The molecule has 0 spiro atoms. The third kappa shape index (κ3) is 5.00. The first kappa shape index (κ1) is 19.7. The van der Waals surface area contributed by atoms with Crippen LogP contribution in [0.4, 0.5) is 11.4 Å². The van der Waals surface area contributed by atoms with Crippen molar-refractivity contribution in [2.24, 2.45) is 5.10 Å². The van der Waals surface area contributed by atoms with Crippen molar-refractivity contribution in [1.29, 1.82) is 0 Å². The molecule has 0 bridgehead atoms. The Bertz CT molecular complexity index is 842. The molecule has 0 fully saturated rings. The van der Waals surface area contributed by atoms with Crippen LogP contribution in [0.5, 0.6) is 0 Å². The van der Waals surface area contributed by atoms with Gasteiger partial charge >= 0.3 is 0 Å². The number of ketones is 1.